The van der Waals surface area contributed by atoms with Gasteiger partial charge in [-0.25, -0.2) is 13.5 Å². The Labute approximate surface area is 175 Å². The van der Waals surface area contributed by atoms with Gasteiger partial charge in [0, 0.05) is 25.7 Å². The summed E-state index contributed by atoms with van der Waals surface area (Å²) < 4.78 is 43.9. The third kappa shape index (κ3) is 3.52. The van der Waals surface area contributed by atoms with Crippen LogP contribution in [0.2, 0.25) is 0 Å². The predicted molar refractivity (Wildman–Crippen MR) is 111 cm³/mol. The van der Waals surface area contributed by atoms with E-state index in [-0.39, 0.29) is 31.4 Å². The number of nitrogens with zero attached hydrogens (tertiary/aromatic N) is 3. The molecule has 1 amide bonds. The van der Waals surface area contributed by atoms with E-state index in [1.54, 1.807) is 13.0 Å². The van der Waals surface area contributed by atoms with Crippen LogP contribution in [0.25, 0.3) is 0 Å². The maximum atomic E-state index is 14.0. The molecular weight excluding hydrogens is 409 g/mol. The number of likely N-dealkylation sites (tertiary alicyclic amines) is 1. The summed E-state index contributed by atoms with van der Waals surface area (Å²) in [6.07, 6.45) is -0.345. The number of benzene rings is 2. The summed E-state index contributed by atoms with van der Waals surface area (Å²) in [5.41, 5.74) is 0.280. The molecule has 2 aliphatic rings. The third-order valence-electron chi connectivity index (χ3n) is 5.97. The standard InChI is InChI=1S/C21H24FN3O4S/c1-16-13-21(10-11-24(16)20(26)27)15-23(14-17-6-3-2-4-7-17)30(28,29)25(21)19-9-5-8-18(22)12-19/h2-9,12,16H,10-11,13-15H2,1H3,(H,26,27)/t16-,21+/m0/s1. The topological polar surface area (TPSA) is 81.2 Å². The summed E-state index contributed by atoms with van der Waals surface area (Å²) in [5.74, 6) is -0.518. The van der Waals surface area contributed by atoms with Crippen LogP contribution in [-0.2, 0) is 16.8 Å². The average molecular weight is 434 g/mol. The Hall–Kier alpha value is -2.65. The Morgan fingerprint density at radius 3 is 2.57 bits per heavy atom. The van der Waals surface area contributed by atoms with Gasteiger partial charge in [-0.15, -0.1) is 0 Å². The van der Waals surface area contributed by atoms with Crippen LogP contribution < -0.4 is 4.31 Å². The Kier molecular flexibility index (Phi) is 5.19. The molecule has 1 N–H and O–H groups in total. The molecule has 4 rings (SSSR count). The van der Waals surface area contributed by atoms with Gasteiger partial charge in [0.25, 0.3) is 0 Å². The molecule has 2 saturated heterocycles. The Bertz CT molecular complexity index is 1050. The first-order valence-corrected chi connectivity index (χ1v) is 11.2. The van der Waals surface area contributed by atoms with Crippen molar-refractivity contribution in [2.75, 3.05) is 17.4 Å². The molecule has 7 nitrogen and oxygen atoms in total. The van der Waals surface area contributed by atoms with Crippen molar-refractivity contribution in [3.8, 4) is 0 Å². The van der Waals surface area contributed by atoms with Crippen LogP contribution in [0.1, 0.15) is 25.3 Å². The van der Waals surface area contributed by atoms with Gasteiger partial charge < -0.3 is 10.0 Å². The van der Waals surface area contributed by atoms with Crippen molar-refractivity contribution in [3.05, 3.63) is 66.0 Å². The quantitative estimate of drug-likeness (QED) is 0.805. The highest BCUT2D eigenvalue weighted by Gasteiger charge is 2.57. The number of hydrogen-bond donors (Lipinski definition) is 1. The minimum absolute atomic E-state index is 0.202. The number of carbonyl (C=O) groups is 1. The molecule has 2 aromatic rings. The maximum absolute atomic E-state index is 14.0. The Morgan fingerprint density at radius 1 is 1.20 bits per heavy atom. The second kappa shape index (κ2) is 7.55. The largest absolute Gasteiger partial charge is 0.465 e. The van der Waals surface area contributed by atoms with Crippen LogP contribution in [0.5, 0.6) is 0 Å². The van der Waals surface area contributed by atoms with E-state index in [9.17, 15) is 22.7 Å². The molecule has 160 valence electrons. The fraction of sp³-hybridized carbons (Fsp3) is 0.381. The van der Waals surface area contributed by atoms with Crippen molar-refractivity contribution in [1.29, 1.82) is 0 Å². The van der Waals surface area contributed by atoms with Gasteiger partial charge in [0.15, 0.2) is 0 Å². The molecule has 0 radical (unpaired) electrons. The molecule has 2 atom stereocenters. The molecule has 2 aromatic carbocycles. The molecule has 30 heavy (non-hydrogen) atoms. The second-order valence-electron chi connectivity index (χ2n) is 8.01. The number of rotatable bonds is 3. The third-order valence-corrected chi connectivity index (χ3v) is 7.94. The minimum Gasteiger partial charge on any atom is -0.465 e. The smallest absolute Gasteiger partial charge is 0.407 e. The lowest BCUT2D eigenvalue weighted by Crippen LogP contribution is -2.58. The molecule has 0 unspecified atom stereocenters. The van der Waals surface area contributed by atoms with Crippen LogP contribution in [-0.4, -0.2) is 53.5 Å². The lowest BCUT2D eigenvalue weighted by atomic mass is 9.83. The lowest BCUT2D eigenvalue weighted by molar-refractivity contribution is 0.0873. The zero-order chi connectivity index (χ0) is 21.5. The van der Waals surface area contributed by atoms with Crippen LogP contribution in [0.3, 0.4) is 0 Å². The van der Waals surface area contributed by atoms with Crippen molar-refractivity contribution < 1.29 is 22.7 Å². The number of piperidine rings is 1. The van der Waals surface area contributed by atoms with E-state index in [4.69, 9.17) is 0 Å². The highest BCUT2D eigenvalue weighted by molar-refractivity contribution is 7.90. The van der Waals surface area contributed by atoms with Crippen molar-refractivity contribution in [2.45, 2.75) is 37.9 Å². The first-order valence-electron chi connectivity index (χ1n) is 9.82. The van der Waals surface area contributed by atoms with Gasteiger partial charge in [-0.05, 0) is 43.5 Å². The van der Waals surface area contributed by atoms with Gasteiger partial charge in [-0.2, -0.15) is 12.7 Å². The Balaban J connectivity index is 1.76. The summed E-state index contributed by atoms with van der Waals surface area (Å²) in [5, 5.41) is 9.44. The number of amides is 1. The second-order valence-corrected chi connectivity index (χ2v) is 9.79. The zero-order valence-corrected chi connectivity index (χ0v) is 17.4. The minimum atomic E-state index is -3.93. The van der Waals surface area contributed by atoms with Gasteiger partial charge >= 0.3 is 16.3 Å². The monoisotopic (exact) mass is 433 g/mol. The van der Waals surface area contributed by atoms with Crippen molar-refractivity contribution in [3.63, 3.8) is 0 Å². The average Bonchev–Trinajstić information content (AvgIpc) is 2.88. The van der Waals surface area contributed by atoms with Gasteiger partial charge in [0.1, 0.15) is 5.82 Å². The predicted octanol–water partition coefficient (Wildman–Crippen LogP) is 3.29. The zero-order valence-electron chi connectivity index (χ0n) is 16.6. The SMILES string of the molecule is C[C@H]1C[C@]2(CCN1C(=O)O)CN(Cc1ccccc1)S(=O)(=O)N2c1cccc(F)c1. The van der Waals surface area contributed by atoms with E-state index in [2.05, 4.69) is 0 Å². The molecule has 0 saturated carbocycles. The Morgan fingerprint density at radius 2 is 1.93 bits per heavy atom. The number of carboxylic acid groups (broad SMARTS) is 1. The van der Waals surface area contributed by atoms with Crippen LogP contribution >= 0.6 is 0 Å². The summed E-state index contributed by atoms with van der Waals surface area (Å²) in [4.78, 5) is 12.9. The van der Waals surface area contributed by atoms with Gasteiger partial charge in [-0.3, -0.25) is 0 Å². The lowest BCUT2D eigenvalue weighted by Gasteiger charge is -2.46. The highest BCUT2D eigenvalue weighted by atomic mass is 32.2. The van der Waals surface area contributed by atoms with E-state index in [1.165, 1.54) is 31.7 Å². The van der Waals surface area contributed by atoms with Crippen molar-refractivity contribution in [2.24, 2.45) is 0 Å². The molecule has 0 bridgehead atoms. The number of halogens is 1. The summed E-state index contributed by atoms with van der Waals surface area (Å²) in [7, 11) is -3.93. The molecule has 0 aliphatic carbocycles. The van der Waals surface area contributed by atoms with Crippen molar-refractivity contribution in [1.82, 2.24) is 9.21 Å². The van der Waals surface area contributed by atoms with Gasteiger partial charge in [0.05, 0.1) is 11.2 Å². The molecular formula is C21H24FN3O4S. The van der Waals surface area contributed by atoms with E-state index in [0.717, 1.165) is 5.56 Å². The number of anilines is 1. The van der Waals surface area contributed by atoms with E-state index < -0.39 is 27.7 Å². The molecule has 1 spiro atoms. The highest BCUT2D eigenvalue weighted by Crippen LogP contribution is 2.44. The van der Waals surface area contributed by atoms with E-state index in [0.29, 0.717) is 12.8 Å². The summed E-state index contributed by atoms with van der Waals surface area (Å²) in [6, 6.07) is 14.5. The van der Waals surface area contributed by atoms with E-state index in [1.807, 2.05) is 30.3 Å². The van der Waals surface area contributed by atoms with Crippen LogP contribution in [0.4, 0.5) is 14.9 Å². The first-order chi connectivity index (χ1) is 14.2. The van der Waals surface area contributed by atoms with Gasteiger partial charge in [0.2, 0.25) is 0 Å². The van der Waals surface area contributed by atoms with E-state index >= 15 is 0 Å². The van der Waals surface area contributed by atoms with Gasteiger partial charge in [-0.1, -0.05) is 36.4 Å². The molecule has 2 aliphatic heterocycles. The molecule has 2 fully saturated rings. The van der Waals surface area contributed by atoms with Crippen LogP contribution in [0.15, 0.2) is 54.6 Å². The summed E-state index contributed by atoms with van der Waals surface area (Å²) >= 11 is 0. The number of hydrogen-bond acceptors (Lipinski definition) is 3. The molecule has 9 heteroatoms. The summed E-state index contributed by atoms with van der Waals surface area (Å²) in [6.45, 7) is 2.43. The molecule has 0 aromatic heterocycles. The fourth-order valence-corrected chi connectivity index (χ4v) is 6.73. The molecule has 2 heterocycles. The fourth-order valence-electron chi connectivity index (χ4n) is 4.69. The maximum Gasteiger partial charge on any atom is 0.407 e. The van der Waals surface area contributed by atoms with Crippen LogP contribution in [0, 0.1) is 5.82 Å². The van der Waals surface area contributed by atoms with Crippen molar-refractivity contribution >= 4 is 22.0 Å². The first kappa shape index (κ1) is 20.6. The normalized spacial score (nSPS) is 26.3.